The fourth-order valence-corrected chi connectivity index (χ4v) is 21.8. The van der Waals surface area contributed by atoms with Gasteiger partial charge >= 0.3 is 0 Å². The Labute approximate surface area is 400 Å². The molecule has 0 spiro atoms. The van der Waals surface area contributed by atoms with Gasteiger partial charge in [-0.25, -0.2) is 9.97 Å². The van der Waals surface area contributed by atoms with Crippen LogP contribution in [0.25, 0.3) is 49.3 Å². The largest absolute Gasteiger partial charge is 0.456 e. The van der Waals surface area contributed by atoms with Crippen LogP contribution in [0.5, 0.6) is 0 Å². The first-order valence-electron chi connectivity index (χ1n) is 23.6. The zero-order valence-electron chi connectivity index (χ0n) is 37.4. The van der Waals surface area contributed by atoms with Gasteiger partial charge in [0.2, 0.25) is 0 Å². The molecule has 5 heterocycles. The SMILES string of the molecule is c1ccc([Si](c2ccccc2)(c2cccc(N3c4ncccc4[Si](c4ccccc4)(c4ccccc4)c4ccc5oc6ccccc6c5c43)c2)c2ccc3c4ccccc4n4ccnc4c3c2)cc1. The lowest BCUT2D eigenvalue weighted by Gasteiger charge is -2.44. The molecule has 0 amide bonds. The predicted molar refractivity (Wildman–Crippen MR) is 291 cm³/mol. The summed E-state index contributed by atoms with van der Waals surface area (Å²) in [4.78, 5) is 13.0. The summed E-state index contributed by atoms with van der Waals surface area (Å²) in [6.45, 7) is 0. The number of anilines is 3. The number of rotatable bonds is 7. The Morgan fingerprint density at radius 3 is 1.80 bits per heavy atom. The maximum absolute atomic E-state index is 6.78. The standard InChI is InChI=1S/C62H42N4OSi2/c1-5-20-44(21-6-1)68(45-22-7-2-8-23-45,49-34-35-50-51-29-13-15-31-54(51)65-40-39-64-61(65)53(50)42-49)48-28-17-19-43(41-48)66-60-57(37-36-56-59(60)52-30-14-16-32-55(52)67-56)69(46-24-9-3-10-25-46,47-26-11-4-12-27-47)58-33-18-38-63-62(58)66/h1-42H. The third-order valence-corrected chi connectivity index (χ3v) is 24.3. The first-order chi connectivity index (χ1) is 34.2. The molecule has 0 aliphatic carbocycles. The molecule has 0 fully saturated rings. The van der Waals surface area contributed by atoms with Gasteiger partial charge in [0, 0.05) is 40.4 Å². The minimum atomic E-state index is -3.14. The zero-order chi connectivity index (χ0) is 45.5. The van der Waals surface area contributed by atoms with Crippen molar-refractivity contribution in [3.8, 4) is 0 Å². The molecule has 0 unspecified atom stereocenters. The van der Waals surface area contributed by atoms with Gasteiger partial charge in [-0.3, -0.25) is 9.30 Å². The molecule has 0 radical (unpaired) electrons. The van der Waals surface area contributed by atoms with Crippen LogP contribution in [-0.2, 0) is 0 Å². The van der Waals surface area contributed by atoms with Crippen molar-refractivity contribution in [2.24, 2.45) is 0 Å². The van der Waals surface area contributed by atoms with Gasteiger partial charge in [-0.2, -0.15) is 0 Å². The van der Waals surface area contributed by atoms with Crippen LogP contribution in [0.4, 0.5) is 17.2 Å². The summed E-state index contributed by atoms with van der Waals surface area (Å²) in [5.74, 6) is 0.935. The summed E-state index contributed by atoms with van der Waals surface area (Å²) in [7, 11) is -6.19. The Kier molecular flexibility index (Phi) is 8.86. The van der Waals surface area contributed by atoms with Gasteiger partial charge in [-0.1, -0.05) is 200 Å². The summed E-state index contributed by atoms with van der Waals surface area (Å²) in [5, 5.41) is 16.0. The lowest BCUT2D eigenvalue weighted by atomic mass is 10.1. The smallest absolute Gasteiger partial charge is 0.186 e. The fraction of sp³-hybridized carbons (Fsp3) is 0. The molecule has 324 valence electrons. The Balaban J connectivity index is 1.10. The van der Waals surface area contributed by atoms with E-state index in [1.54, 1.807) is 0 Å². The van der Waals surface area contributed by atoms with E-state index in [4.69, 9.17) is 14.4 Å². The number of pyridine rings is 2. The molecular weight excluding hydrogens is 873 g/mol. The molecule has 13 aromatic rings. The Morgan fingerprint density at radius 2 is 1.06 bits per heavy atom. The average molecular weight is 915 g/mol. The maximum atomic E-state index is 6.78. The maximum Gasteiger partial charge on any atom is 0.186 e. The Bertz CT molecular complexity index is 4020. The van der Waals surface area contributed by atoms with Crippen LogP contribution < -0.4 is 46.4 Å². The van der Waals surface area contributed by atoms with Crippen LogP contribution in [-0.4, -0.2) is 30.5 Å². The summed E-state index contributed by atoms with van der Waals surface area (Å²) in [6.07, 6.45) is 5.97. The van der Waals surface area contributed by atoms with Gasteiger partial charge in [0.1, 0.15) is 22.6 Å². The van der Waals surface area contributed by atoms with Gasteiger partial charge in [0.05, 0.1) is 16.6 Å². The van der Waals surface area contributed by atoms with Crippen LogP contribution >= 0.6 is 0 Å². The lowest BCUT2D eigenvalue weighted by Crippen LogP contribution is -2.77. The third-order valence-electron chi connectivity index (χ3n) is 14.7. The summed E-state index contributed by atoms with van der Waals surface area (Å²) in [6, 6.07) is 87.5. The number of imidazole rings is 1. The molecule has 0 saturated carbocycles. The van der Waals surface area contributed by atoms with E-state index in [2.05, 4.69) is 252 Å². The van der Waals surface area contributed by atoms with Gasteiger partial charge in [0.15, 0.2) is 16.1 Å². The quantitative estimate of drug-likeness (QED) is 0.0909. The van der Waals surface area contributed by atoms with Crippen molar-refractivity contribution < 1.29 is 4.42 Å². The van der Waals surface area contributed by atoms with E-state index in [1.165, 1.54) is 52.3 Å². The lowest BCUT2D eigenvalue weighted by molar-refractivity contribution is 0.669. The van der Waals surface area contributed by atoms with Gasteiger partial charge in [0.25, 0.3) is 0 Å². The van der Waals surface area contributed by atoms with Crippen LogP contribution in [0.15, 0.2) is 260 Å². The van der Waals surface area contributed by atoms with Crippen molar-refractivity contribution in [2.75, 3.05) is 4.90 Å². The van der Waals surface area contributed by atoms with Gasteiger partial charge < -0.3 is 4.42 Å². The highest BCUT2D eigenvalue weighted by atomic mass is 28.3. The van der Waals surface area contributed by atoms with Crippen LogP contribution in [0.1, 0.15) is 0 Å². The topological polar surface area (TPSA) is 46.6 Å². The van der Waals surface area contributed by atoms with Crippen LogP contribution in [0.2, 0.25) is 0 Å². The molecule has 1 aliphatic heterocycles. The molecule has 7 heteroatoms. The molecule has 1 aliphatic rings. The third kappa shape index (κ3) is 5.63. The van der Waals surface area contributed by atoms with Crippen molar-refractivity contribution in [2.45, 2.75) is 0 Å². The number of furan rings is 1. The molecule has 14 rings (SSSR count). The minimum Gasteiger partial charge on any atom is -0.456 e. The van der Waals surface area contributed by atoms with Gasteiger partial charge in [-0.05, 0) is 83.3 Å². The number of fused-ring (bicyclic) bond motifs is 12. The van der Waals surface area contributed by atoms with Crippen molar-refractivity contribution >= 4 is 124 Å². The molecule has 4 aromatic heterocycles. The fourth-order valence-electron chi connectivity index (χ4n) is 11.9. The summed E-state index contributed by atoms with van der Waals surface area (Å²) >= 11 is 0. The van der Waals surface area contributed by atoms with Crippen molar-refractivity contribution in [3.05, 3.63) is 255 Å². The minimum absolute atomic E-state index is 0.853. The molecular formula is C62H42N4OSi2. The number of nitrogens with zero attached hydrogens (tertiary/aromatic N) is 4. The normalized spacial score (nSPS) is 13.3. The second kappa shape index (κ2) is 15.5. The number of benzene rings is 9. The predicted octanol–water partition coefficient (Wildman–Crippen LogP) is 9.47. The van der Waals surface area contributed by atoms with Crippen molar-refractivity contribution in [1.82, 2.24) is 14.4 Å². The van der Waals surface area contributed by atoms with E-state index in [1.807, 2.05) is 12.4 Å². The van der Waals surface area contributed by atoms with E-state index in [9.17, 15) is 0 Å². The van der Waals surface area contributed by atoms with E-state index in [-0.39, 0.29) is 0 Å². The average Bonchev–Trinajstić information content (AvgIpc) is 4.08. The zero-order valence-corrected chi connectivity index (χ0v) is 39.4. The van der Waals surface area contributed by atoms with Gasteiger partial charge in [-0.15, -0.1) is 0 Å². The number of hydrogen-bond donors (Lipinski definition) is 0. The number of aromatic nitrogens is 3. The molecule has 9 aromatic carbocycles. The molecule has 5 nitrogen and oxygen atoms in total. The highest BCUT2D eigenvalue weighted by Crippen LogP contribution is 2.44. The van der Waals surface area contributed by atoms with E-state index in [0.717, 1.165) is 55.7 Å². The second-order valence-corrected chi connectivity index (χ2v) is 25.6. The van der Waals surface area contributed by atoms with E-state index >= 15 is 0 Å². The molecule has 0 atom stereocenters. The number of hydrogen-bond acceptors (Lipinski definition) is 4. The monoisotopic (exact) mass is 914 g/mol. The Morgan fingerprint density at radius 1 is 0.420 bits per heavy atom. The van der Waals surface area contributed by atoms with E-state index in [0.29, 0.717) is 0 Å². The van der Waals surface area contributed by atoms with E-state index < -0.39 is 16.1 Å². The van der Waals surface area contributed by atoms with Crippen LogP contribution in [0.3, 0.4) is 0 Å². The summed E-state index contributed by atoms with van der Waals surface area (Å²) in [5.41, 5.74) is 5.98. The highest BCUT2D eigenvalue weighted by Gasteiger charge is 2.51. The first-order valence-corrected chi connectivity index (χ1v) is 27.6. The second-order valence-electron chi connectivity index (χ2n) is 18.1. The Hall–Kier alpha value is -8.63. The molecule has 0 saturated heterocycles. The molecule has 0 bridgehead atoms. The first kappa shape index (κ1) is 39.5. The van der Waals surface area contributed by atoms with Crippen LogP contribution in [0, 0.1) is 0 Å². The summed E-state index contributed by atoms with van der Waals surface area (Å²) < 4.78 is 9.02. The number of para-hydroxylation sites is 2. The highest BCUT2D eigenvalue weighted by molar-refractivity contribution is 7.22. The molecule has 69 heavy (non-hydrogen) atoms. The molecule has 0 N–H and O–H groups in total. The van der Waals surface area contributed by atoms with Crippen molar-refractivity contribution in [1.29, 1.82) is 0 Å². The van der Waals surface area contributed by atoms with Crippen molar-refractivity contribution in [3.63, 3.8) is 0 Å².